The molecule has 1 amide bonds. The molecule has 0 radical (unpaired) electrons. The molecule has 0 bridgehead atoms. The van der Waals surface area contributed by atoms with Gasteiger partial charge in [-0.15, -0.1) is 0 Å². The minimum Gasteiger partial charge on any atom is -0.495 e. The molecular weight excluding hydrogens is 573 g/mol. The molecule has 1 aromatic heterocycles. The van der Waals surface area contributed by atoms with Crippen molar-refractivity contribution in [3.05, 3.63) is 59.8 Å². The Morgan fingerprint density at radius 3 is 2.50 bits per heavy atom. The zero-order chi connectivity index (χ0) is 30.7. The van der Waals surface area contributed by atoms with Crippen LogP contribution in [0.2, 0.25) is 0 Å². The highest BCUT2D eigenvalue weighted by molar-refractivity contribution is 8.00. The van der Waals surface area contributed by atoms with Crippen LogP contribution in [0.5, 0.6) is 17.4 Å². The van der Waals surface area contributed by atoms with Gasteiger partial charge < -0.3 is 25.0 Å². The molecule has 0 saturated carbocycles. The number of alkyl halides is 3. The Hall–Kier alpha value is -4.04. The van der Waals surface area contributed by atoms with Crippen LogP contribution in [0.25, 0.3) is 0 Å². The topological polar surface area (TPSA) is 109 Å². The van der Waals surface area contributed by atoms with E-state index in [-0.39, 0.29) is 35.1 Å². The van der Waals surface area contributed by atoms with Crippen LogP contribution in [0.3, 0.4) is 0 Å². The summed E-state index contributed by atoms with van der Waals surface area (Å²) in [6, 6.07) is 10.9. The number of rotatable bonds is 9. The lowest BCUT2D eigenvalue weighted by Gasteiger charge is -2.29. The monoisotopic (exact) mass is 606 g/mol. The highest BCUT2D eigenvalue weighted by Gasteiger charge is 2.37. The van der Waals surface area contributed by atoms with E-state index >= 15 is 0 Å². The van der Waals surface area contributed by atoms with Crippen molar-refractivity contribution in [1.29, 1.82) is 0 Å². The third-order valence-corrected chi connectivity index (χ3v) is 8.17. The van der Waals surface area contributed by atoms with Crippen LogP contribution in [-0.4, -0.2) is 77.4 Å². The number of piperidine rings is 1. The minimum absolute atomic E-state index is 0.00840. The highest BCUT2D eigenvalue weighted by atomic mass is 32.2. The molecule has 1 aliphatic heterocycles. The molecule has 4 rings (SSSR count). The Bertz CT molecular complexity index is 1540. The summed E-state index contributed by atoms with van der Waals surface area (Å²) in [5, 5.41) is 5.88. The van der Waals surface area contributed by atoms with E-state index in [4.69, 9.17) is 9.47 Å². The quantitative estimate of drug-likeness (QED) is 0.342. The maximum atomic E-state index is 13.9. The second-order valence-electron chi connectivity index (χ2n) is 10.0. The smallest absolute Gasteiger partial charge is 0.423 e. The van der Waals surface area contributed by atoms with Gasteiger partial charge in [0.1, 0.15) is 11.3 Å². The fraction of sp³-hybridized carbons (Fsp3) is 0.357. The van der Waals surface area contributed by atoms with E-state index in [1.807, 2.05) is 7.05 Å². The Kier molecular flexibility index (Phi) is 9.16. The van der Waals surface area contributed by atoms with Gasteiger partial charge in [0.15, 0.2) is 5.75 Å². The van der Waals surface area contributed by atoms with Gasteiger partial charge in [-0.1, -0.05) is 12.1 Å². The maximum absolute atomic E-state index is 13.9. The van der Waals surface area contributed by atoms with Crippen LogP contribution in [0, 0.1) is 0 Å². The first kappa shape index (κ1) is 30.9. The Balaban J connectivity index is 1.60. The first-order valence-electron chi connectivity index (χ1n) is 13.0. The predicted molar refractivity (Wildman–Crippen MR) is 157 cm³/mol. The summed E-state index contributed by atoms with van der Waals surface area (Å²) in [6.07, 6.45) is -1.12. The molecular formula is C28H33F3N6O4S. The summed E-state index contributed by atoms with van der Waals surface area (Å²) in [7, 11) is 2.20. The number of nitrogens with one attached hydrogen (secondary N) is 2. The number of hydrogen-bond acceptors (Lipinski definition) is 8. The molecule has 2 N–H and O–H groups in total. The first-order chi connectivity index (χ1) is 19.8. The molecule has 14 heteroatoms. The molecule has 1 atom stereocenters. The predicted octanol–water partition coefficient (Wildman–Crippen LogP) is 4.56. The van der Waals surface area contributed by atoms with E-state index in [0.29, 0.717) is 17.4 Å². The summed E-state index contributed by atoms with van der Waals surface area (Å²) in [5.74, 6) is 2.65. The summed E-state index contributed by atoms with van der Waals surface area (Å²) in [4.78, 5) is 22.9. The zero-order valence-corrected chi connectivity index (χ0v) is 24.5. The van der Waals surface area contributed by atoms with E-state index in [0.717, 1.165) is 25.9 Å². The van der Waals surface area contributed by atoms with E-state index in [1.165, 1.54) is 36.9 Å². The van der Waals surface area contributed by atoms with Gasteiger partial charge in [-0.3, -0.25) is 9.10 Å². The lowest BCUT2D eigenvalue weighted by molar-refractivity contribution is -0.139. The number of para-hydroxylation sites is 2. The van der Waals surface area contributed by atoms with Crippen molar-refractivity contribution in [2.75, 3.05) is 50.2 Å². The van der Waals surface area contributed by atoms with E-state index < -0.39 is 27.3 Å². The average Bonchev–Trinajstić information content (AvgIpc) is 2.93. The number of ether oxygens (including phenoxy) is 2. The SMILES string of the molecule is C=S(C)(=O)N(C)c1ccccc1Oc1nc(Nc2ccc(C(=O)NC3CCN(C)CC3)cc2OC)ncc1C(F)(F)F. The number of likely N-dealkylation sites (tertiary alicyclic amines) is 1. The number of nitrogens with zero attached hydrogens (tertiary/aromatic N) is 4. The van der Waals surface area contributed by atoms with Gasteiger partial charge in [0, 0.05) is 40.8 Å². The summed E-state index contributed by atoms with van der Waals surface area (Å²) in [6.45, 7) is 1.79. The van der Waals surface area contributed by atoms with Gasteiger partial charge >= 0.3 is 6.18 Å². The van der Waals surface area contributed by atoms with Crippen LogP contribution in [0.15, 0.2) is 48.7 Å². The van der Waals surface area contributed by atoms with Crippen LogP contribution in [0.4, 0.5) is 30.5 Å². The first-order valence-corrected chi connectivity index (χ1v) is 15.1. The summed E-state index contributed by atoms with van der Waals surface area (Å²) < 4.78 is 66.6. The van der Waals surface area contributed by atoms with Crippen LogP contribution < -0.4 is 24.4 Å². The van der Waals surface area contributed by atoms with Gasteiger partial charge in [-0.05, 0) is 69.2 Å². The van der Waals surface area contributed by atoms with Crippen molar-refractivity contribution in [2.45, 2.75) is 25.1 Å². The fourth-order valence-electron chi connectivity index (χ4n) is 4.29. The maximum Gasteiger partial charge on any atom is 0.423 e. The molecule has 0 spiro atoms. The molecule has 10 nitrogen and oxygen atoms in total. The van der Waals surface area contributed by atoms with Crippen molar-refractivity contribution < 1.29 is 31.6 Å². The molecule has 226 valence electrons. The number of hydrogen-bond donors (Lipinski definition) is 2. The van der Waals surface area contributed by atoms with Crippen LogP contribution >= 0.6 is 0 Å². The molecule has 2 aromatic carbocycles. The van der Waals surface area contributed by atoms with Crippen molar-refractivity contribution in [1.82, 2.24) is 20.2 Å². The second-order valence-corrected chi connectivity index (χ2v) is 12.5. The lowest BCUT2D eigenvalue weighted by Crippen LogP contribution is -2.43. The van der Waals surface area contributed by atoms with E-state index in [1.54, 1.807) is 30.3 Å². The Morgan fingerprint density at radius 1 is 1.17 bits per heavy atom. The van der Waals surface area contributed by atoms with E-state index in [9.17, 15) is 22.2 Å². The third kappa shape index (κ3) is 7.42. The fourth-order valence-corrected chi connectivity index (χ4v) is 4.86. The number of benzene rings is 2. The number of amides is 1. The molecule has 0 aliphatic carbocycles. The Morgan fingerprint density at radius 2 is 1.86 bits per heavy atom. The van der Waals surface area contributed by atoms with Gasteiger partial charge in [-0.25, -0.2) is 9.19 Å². The summed E-state index contributed by atoms with van der Waals surface area (Å²) in [5.41, 5.74) is -0.253. The molecule has 42 heavy (non-hydrogen) atoms. The van der Waals surface area contributed by atoms with Gasteiger partial charge in [0.2, 0.25) is 11.8 Å². The van der Waals surface area contributed by atoms with Crippen LogP contribution in [0.1, 0.15) is 28.8 Å². The second kappa shape index (κ2) is 12.4. The van der Waals surface area contributed by atoms with E-state index in [2.05, 4.69) is 31.4 Å². The molecule has 1 saturated heterocycles. The normalized spacial score (nSPS) is 15.9. The van der Waals surface area contributed by atoms with Crippen molar-refractivity contribution in [3.8, 4) is 17.4 Å². The standard InChI is InChI=1S/C28H33F3N6O4S/c1-36-14-12-19(13-15-36)33-25(38)18-10-11-21(24(16-18)40-3)34-27-32-17-20(28(29,30)31)26(35-27)41-23-9-7-6-8-22(23)37(2)42(4,5)39/h6-11,16-17,19H,4,12-15H2,1-3,5H3,(H,33,38)(H,32,34,35). The number of carbonyl (C=O) groups excluding carboxylic acids is 1. The van der Waals surface area contributed by atoms with Crippen molar-refractivity contribution >= 4 is 38.8 Å². The highest BCUT2D eigenvalue weighted by Crippen LogP contribution is 2.40. The zero-order valence-electron chi connectivity index (χ0n) is 23.7. The Labute approximate surface area is 243 Å². The molecule has 3 aromatic rings. The molecule has 1 unspecified atom stereocenters. The lowest BCUT2D eigenvalue weighted by atomic mass is 10.0. The minimum atomic E-state index is -4.82. The average molecular weight is 607 g/mol. The van der Waals surface area contributed by atoms with Gasteiger partial charge in [0.25, 0.3) is 5.91 Å². The van der Waals surface area contributed by atoms with Crippen molar-refractivity contribution in [2.24, 2.45) is 0 Å². The van der Waals surface area contributed by atoms with Crippen LogP contribution in [-0.2, 0) is 15.9 Å². The largest absolute Gasteiger partial charge is 0.495 e. The van der Waals surface area contributed by atoms with Gasteiger partial charge in [0.05, 0.1) is 18.5 Å². The van der Waals surface area contributed by atoms with Crippen molar-refractivity contribution in [3.63, 3.8) is 0 Å². The molecule has 1 fully saturated rings. The number of anilines is 3. The van der Waals surface area contributed by atoms with Gasteiger partial charge in [-0.2, -0.15) is 18.2 Å². The summed E-state index contributed by atoms with van der Waals surface area (Å²) >= 11 is 0. The number of carbonyl (C=O) groups is 1. The number of aromatic nitrogens is 2. The molecule has 2 heterocycles. The third-order valence-electron chi connectivity index (χ3n) is 6.81. The molecule has 1 aliphatic rings. The number of methoxy groups -OCH3 is 1. The number of halogens is 3.